The third-order valence-electron chi connectivity index (χ3n) is 2.93. The van der Waals surface area contributed by atoms with E-state index in [1.165, 1.54) is 0 Å². The summed E-state index contributed by atoms with van der Waals surface area (Å²) in [6.07, 6.45) is 0. The van der Waals surface area contributed by atoms with Crippen molar-refractivity contribution in [3.05, 3.63) is 41.2 Å². The van der Waals surface area contributed by atoms with Gasteiger partial charge in [0.05, 0.1) is 11.7 Å². The molecular weight excluding hydrogens is 230 g/mol. The highest BCUT2D eigenvalue weighted by molar-refractivity contribution is 5.11. The average Bonchev–Trinajstić information content (AvgIpc) is 2.89. The largest absolute Gasteiger partial charge is 0.465 e. The minimum atomic E-state index is 0.0516. The third kappa shape index (κ3) is 2.80. The molecule has 18 heavy (non-hydrogen) atoms. The zero-order chi connectivity index (χ0) is 13.1. The van der Waals surface area contributed by atoms with Gasteiger partial charge in [0.15, 0.2) is 0 Å². The number of hydrogen-bond donors (Lipinski definition) is 1. The molecule has 2 aromatic heterocycles. The van der Waals surface area contributed by atoms with Gasteiger partial charge < -0.3 is 14.7 Å². The summed E-state index contributed by atoms with van der Waals surface area (Å²) in [5.74, 6) is 2.60. The summed E-state index contributed by atoms with van der Waals surface area (Å²) >= 11 is 0. The molecule has 2 aromatic rings. The number of furan rings is 1. The summed E-state index contributed by atoms with van der Waals surface area (Å²) in [4.78, 5) is 2.11. The predicted molar refractivity (Wildman–Crippen MR) is 67.9 cm³/mol. The molecule has 0 spiro atoms. The third-order valence-corrected chi connectivity index (χ3v) is 2.93. The fourth-order valence-corrected chi connectivity index (χ4v) is 2.00. The molecule has 0 amide bonds. The molecule has 0 radical (unpaired) electrons. The van der Waals surface area contributed by atoms with Crippen LogP contribution in [0.2, 0.25) is 0 Å². The zero-order valence-electron chi connectivity index (χ0n) is 11.0. The molecule has 0 aliphatic heterocycles. The van der Waals surface area contributed by atoms with Gasteiger partial charge in [-0.25, -0.2) is 0 Å². The van der Waals surface area contributed by atoms with Gasteiger partial charge in [0.2, 0.25) is 0 Å². The number of rotatable bonds is 5. The van der Waals surface area contributed by atoms with Gasteiger partial charge in [0.25, 0.3) is 0 Å². The molecule has 0 saturated heterocycles. The molecule has 0 aromatic carbocycles. The normalized spacial score (nSPS) is 13.2. The van der Waals surface area contributed by atoms with Crippen LogP contribution in [0.1, 0.15) is 29.0 Å². The Morgan fingerprint density at radius 2 is 2.11 bits per heavy atom. The summed E-state index contributed by atoms with van der Waals surface area (Å²) in [5.41, 5.74) is 6.73. The highest BCUT2D eigenvalue weighted by Crippen LogP contribution is 2.22. The maximum atomic E-state index is 5.83. The molecule has 0 bridgehead atoms. The Morgan fingerprint density at radius 3 is 2.61 bits per heavy atom. The van der Waals surface area contributed by atoms with Crippen LogP contribution in [-0.2, 0) is 6.54 Å². The molecule has 0 fully saturated rings. The van der Waals surface area contributed by atoms with Gasteiger partial charge in [-0.05, 0) is 33.0 Å². The van der Waals surface area contributed by atoms with Crippen molar-refractivity contribution in [2.75, 3.05) is 13.6 Å². The Balaban J connectivity index is 2.08. The highest BCUT2D eigenvalue weighted by Gasteiger charge is 2.19. The van der Waals surface area contributed by atoms with Gasteiger partial charge in [0.1, 0.15) is 17.3 Å². The number of aryl methyl sites for hydroxylation is 2. The maximum absolute atomic E-state index is 5.83. The van der Waals surface area contributed by atoms with Crippen molar-refractivity contribution in [3.8, 4) is 0 Å². The SMILES string of the molecule is Cc1cc(CN(C)C(CN)c2ccc(C)o2)no1. The van der Waals surface area contributed by atoms with Crippen molar-refractivity contribution in [3.63, 3.8) is 0 Å². The highest BCUT2D eigenvalue weighted by atomic mass is 16.5. The van der Waals surface area contributed by atoms with E-state index in [1.807, 2.05) is 39.1 Å². The Labute approximate surface area is 107 Å². The molecule has 1 unspecified atom stereocenters. The Morgan fingerprint density at radius 1 is 1.33 bits per heavy atom. The molecule has 2 rings (SSSR count). The van der Waals surface area contributed by atoms with E-state index in [2.05, 4.69) is 10.1 Å². The molecule has 0 aliphatic rings. The molecule has 0 aliphatic carbocycles. The van der Waals surface area contributed by atoms with Gasteiger partial charge in [-0.1, -0.05) is 5.16 Å². The summed E-state index contributed by atoms with van der Waals surface area (Å²) in [6, 6.07) is 5.90. The fraction of sp³-hybridized carbons (Fsp3) is 0.462. The van der Waals surface area contributed by atoms with E-state index in [9.17, 15) is 0 Å². The van der Waals surface area contributed by atoms with E-state index >= 15 is 0 Å². The molecule has 5 nitrogen and oxygen atoms in total. The Kier molecular flexibility index (Phi) is 3.84. The summed E-state index contributed by atoms with van der Waals surface area (Å²) < 4.78 is 10.7. The lowest BCUT2D eigenvalue weighted by Gasteiger charge is -2.24. The van der Waals surface area contributed by atoms with E-state index in [4.69, 9.17) is 14.7 Å². The number of aromatic nitrogens is 1. The molecule has 2 heterocycles. The van der Waals surface area contributed by atoms with Gasteiger partial charge in [-0.3, -0.25) is 4.90 Å². The first-order chi connectivity index (χ1) is 8.60. The standard InChI is InChI=1S/C13H19N3O2/c1-9-4-5-13(17-9)12(7-14)16(3)8-11-6-10(2)18-15-11/h4-6,12H,7-8,14H2,1-3H3. The second-order valence-corrected chi connectivity index (χ2v) is 4.54. The monoisotopic (exact) mass is 249 g/mol. The number of likely N-dealkylation sites (N-methyl/N-ethyl adjacent to an activating group) is 1. The molecule has 5 heteroatoms. The molecule has 98 valence electrons. The van der Waals surface area contributed by atoms with Crippen LogP contribution < -0.4 is 5.73 Å². The van der Waals surface area contributed by atoms with Crippen molar-refractivity contribution < 1.29 is 8.94 Å². The van der Waals surface area contributed by atoms with Crippen LogP contribution in [0.15, 0.2) is 27.1 Å². The van der Waals surface area contributed by atoms with Crippen molar-refractivity contribution in [1.29, 1.82) is 0 Å². The zero-order valence-corrected chi connectivity index (χ0v) is 11.0. The molecule has 1 atom stereocenters. The van der Waals surface area contributed by atoms with Crippen molar-refractivity contribution in [1.82, 2.24) is 10.1 Å². The Hall–Kier alpha value is -1.59. The van der Waals surface area contributed by atoms with Crippen LogP contribution in [0.4, 0.5) is 0 Å². The second kappa shape index (κ2) is 5.37. The first-order valence-corrected chi connectivity index (χ1v) is 5.99. The van der Waals surface area contributed by atoms with Crippen LogP contribution in [0.25, 0.3) is 0 Å². The predicted octanol–water partition coefficient (Wildman–Crippen LogP) is 2.02. The van der Waals surface area contributed by atoms with Crippen molar-refractivity contribution in [2.45, 2.75) is 26.4 Å². The number of nitrogens with two attached hydrogens (primary N) is 1. The minimum absolute atomic E-state index is 0.0516. The van der Waals surface area contributed by atoms with Crippen LogP contribution >= 0.6 is 0 Å². The topological polar surface area (TPSA) is 68.4 Å². The lowest BCUT2D eigenvalue weighted by molar-refractivity contribution is 0.205. The smallest absolute Gasteiger partial charge is 0.133 e. The molecule has 0 saturated carbocycles. The van der Waals surface area contributed by atoms with Crippen molar-refractivity contribution >= 4 is 0 Å². The van der Waals surface area contributed by atoms with Crippen LogP contribution in [0.5, 0.6) is 0 Å². The van der Waals surface area contributed by atoms with Crippen LogP contribution in [0.3, 0.4) is 0 Å². The number of nitrogens with zero attached hydrogens (tertiary/aromatic N) is 2. The summed E-state index contributed by atoms with van der Waals surface area (Å²) in [5, 5.41) is 3.98. The van der Waals surface area contributed by atoms with Crippen molar-refractivity contribution in [2.24, 2.45) is 5.73 Å². The summed E-state index contributed by atoms with van der Waals surface area (Å²) in [6.45, 7) is 4.99. The maximum Gasteiger partial charge on any atom is 0.133 e. The first kappa shape index (κ1) is 12.9. The van der Waals surface area contributed by atoms with E-state index in [1.54, 1.807) is 0 Å². The van der Waals surface area contributed by atoms with Gasteiger partial charge >= 0.3 is 0 Å². The quantitative estimate of drug-likeness (QED) is 0.878. The first-order valence-electron chi connectivity index (χ1n) is 5.99. The van der Waals surface area contributed by atoms with E-state index in [-0.39, 0.29) is 6.04 Å². The fourth-order valence-electron chi connectivity index (χ4n) is 2.00. The number of hydrogen-bond acceptors (Lipinski definition) is 5. The van der Waals surface area contributed by atoms with E-state index < -0.39 is 0 Å². The van der Waals surface area contributed by atoms with Gasteiger partial charge in [0, 0.05) is 19.2 Å². The summed E-state index contributed by atoms with van der Waals surface area (Å²) in [7, 11) is 2.00. The molecule has 2 N–H and O–H groups in total. The van der Waals surface area contributed by atoms with Crippen LogP contribution in [-0.4, -0.2) is 23.6 Å². The van der Waals surface area contributed by atoms with Crippen LogP contribution in [0, 0.1) is 13.8 Å². The minimum Gasteiger partial charge on any atom is -0.465 e. The van der Waals surface area contributed by atoms with E-state index in [0.29, 0.717) is 13.1 Å². The van der Waals surface area contributed by atoms with Gasteiger partial charge in [-0.15, -0.1) is 0 Å². The lowest BCUT2D eigenvalue weighted by atomic mass is 10.2. The second-order valence-electron chi connectivity index (χ2n) is 4.54. The Bertz CT molecular complexity index is 504. The lowest BCUT2D eigenvalue weighted by Crippen LogP contribution is -2.30. The van der Waals surface area contributed by atoms with Gasteiger partial charge in [-0.2, -0.15) is 0 Å². The van der Waals surface area contributed by atoms with E-state index in [0.717, 1.165) is 23.0 Å². The average molecular weight is 249 g/mol. The molecular formula is C13H19N3O2.